The number of fused-ring (bicyclic) bond motifs is 2. The number of hydrogen-bond donors (Lipinski definition) is 1. The molecule has 0 spiro atoms. The lowest BCUT2D eigenvalue weighted by Gasteiger charge is -2.33. The summed E-state index contributed by atoms with van der Waals surface area (Å²) in [7, 11) is 0. The van der Waals surface area contributed by atoms with E-state index in [1.165, 1.54) is 5.56 Å². The number of carbonyl (C=O) groups is 1. The largest absolute Gasteiger partial charge is 0.454 e. The van der Waals surface area contributed by atoms with E-state index in [0.717, 1.165) is 49.8 Å². The molecule has 1 aromatic heterocycles. The Labute approximate surface area is 151 Å². The Morgan fingerprint density at radius 1 is 1.27 bits per heavy atom. The highest BCUT2D eigenvalue weighted by molar-refractivity contribution is 5.92. The first kappa shape index (κ1) is 15.7. The predicted molar refractivity (Wildman–Crippen MR) is 94.1 cm³/mol. The third kappa shape index (κ3) is 2.82. The number of imidazole rings is 1. The number of amides is 1. The zero-order valence-electron chi connectivity index (χ0n) is 14.8. The third-order valence-electron chi connectivity index (χ3n) is 5.32. The van der Waals surface area contributed by atoms with Crippen molar-refractivity contribution in [2.24, 2.45) is 0 Å². The first-order valence-electron chi connectivity index (χ1n) is 9.18. The van der Waals surface area contributed by atoms with Gasteiger partial charge in [0.05, 0.1) is 6.04 Å². The lowest BCUT2D eigenvalue weighted by atomic mass is 10.1. The van der Waals surface area contributed by atoms with Crippen LogP contribution in [0, 0.1) is 0 Å². The zero-order valence-corrected chi connectivity index (χ0v) is 14.8. The summed E-state index contributed by atoms with van der Waals surface area (Å²) in [4.78, 5) is 19.3. The molecule has 3 heterocycles. The SMILES string of the molecule is C[C@H]1c2nc(C(=O)NC3CC3)cn2CCN1Cc1ccc2c(c1)OCO2. The highest BCUT2D eigenvalue weighted by Gasteiger charge is 2.30. The number of nitrogens with zero attached hydrogens (tertiary/aromatic N) is 3. The quantitative estimate of drug-likeness (QED) is 0.910. The van der Waals surface area contributed by atoms with E-state index in [1.807, 2.05) is 18.3 Å². The second kappa shape index (κ2) is 6.02. The van der Waals surface area contributed by atoms with Gasteiger partial charge in [-0.15, -0.1) is 0 Å². The van der Waals surface area contributed by atoms with Crippen LogP contribution in [-0.2, 0) is 13.1 Å². The van der Waals surface area contributed by atoms with Crippen LogP contribution in [0.1, 0.15) is 47.7 Å². The van der Waals surface area contributed by atoms with E-state index < -0.39 is 0 Å². The Balaban J connectivity index is 1.32. The second-order valence-corrected chi connectivity index (χ2v) is 7.26. The summed E-state index contributed by atoms with van der Waals surface area (Å²) in [5, 5.41) is 3.01. The van der Waals surface area contributed by atoms with Gasteiger partial charge in [0.1, 0.15) is 11.5 Å². The number of aromatic nitrogens is 2. The fourth-order valence-corrected chi connectivity index (χ4v) is 3.62. The van der Waals surface area contributed by atoms with Gasteiger partial charge in [-0.1, -0.05) is 6.07 Å². The summed E-state index contributed by atoms with van der Waals surface area (Å²) in [5.41, 5.74) is 1.72. The molecule has 1 atom stereocenters. The molecule has 26 heavy (non-hydrogen) atoms. The van der Waals surface area contributed by atoms with E-state index in [-0.39, 0.29) is 11.9 Å². The van der Waals surface area contributed by atoms with Crippen molar-refractivity contribution in [3.8, 4) is 11.5 Å². The van der Waals surface area contributed by atoms with E-state index >= 15 is 0 Å². The maximum absolute atomic E-state index is 12.3. The molecule has 0 radical (unpaired) electrons. The number of carbonyl (C=O) groups excluding carboxylic acids is 1. The lowest BCUT2D eigenvalue weighted by molar-refractivity contribution is 0.0946. The minimum absolute atomic E-state index is 0.0519. The van der Waals surface area contributed by atoms with Crippen LogP contribution in [-0.4, -0.2) is 39.7 Å². The number of hydrogen-bond acceptors (Lipinski definition) is 5. The van der Waals surface area contributed by atoms with Crippen LogP contribution in [0.3, 0.4) is 0 Å². The van der Waals surface area contributed by atoms with Crippen molar-refractivity contribution in [1.82, 2.24) is 19.8 Å². The lowest BCUT2D eigenvalue weighted by Crippen LogP contribution is -2.36. The summed E-state index contributed by atoms with van der Waals surface area (Å²) in [6.07, 6.45) is 4.06. The van der Waals surface area contributed by atoms with Crippen LogP contribution in [0.25, 0.3) is 0 Å². The Morgan fingerprint density at radius 2 is 2.12 bits per heavy atom. The van der Waals surface area contributed by atoms with E-state index in [2.05, 4.69) is 32.8 Å². The van der Waals surface area contributed by atoms with Crippen LogP contribution in [0.4, 0.5) is 0 Å². The molecule has 3 aliphatic rings. The zero-order chi connectivity index (χ0) is 17.7. The van der Waals surface area contributed by atoms with Crippen molar-refractivity contribution in [2.75, 3.05) is 13.3 Å². The van der Waals surface area contributed by atoms with Crippen molar-refractivity contribution in [3.63, 3.8) is 0 Å². The molecular weight excluding hydrogens is 332 g/mol. The maximum Gasteiger partial charge on any atom is 0.271 e. The Kier molecular flexibility index (Phi) is 3.63. The molecule has 2 aromatic rings. The van der Waals surface area contributed by atoms with E-state index in [0.29, 0.717) is 18.5 Å². The average molecular weight is 354 g/mol. The molecule has 0 saturated heterocycles. The molecule has 0 unspecified atom stereocenters. The summed E-state index contributed by atoms with van der Waals surface area (Å²) in [6, 6.07) is 6.59. The van der Waals surface area contributed by atoms with Gasteiger partial charge in [-0.3, -0.25) is 9.69 Å². The second-order valence-electron chi connectivity index (χ2n) is 7.26. The molecule has 0 bridgehead atoms. The van der Waals surface area contributed by atoms with Gasteiger partial charge in [0.2, 0.25) is 6.79 Å². The highest BCUT2D eigenvalue weighted by Crippen LogP contribution is 2.34. The van der Waals surface area contributed by atoms with Gasteiger partial charge in [-0.25, -0.2) is 4.98 Å². The molecular formula is C19H22N4O3. The molecule has 1 N–H and O–H groups in total. The van der Waals surface area contributed by atoms with Crippen LogP contribution >= 0.6 is 0 Å². The molecule has 1 amide bonds. The van der Waals surface area contributed by atoms with Crippen molar-refractivity contribution in [1.29, 1.82) is 0 Å². The number of benzene rings is 1. The monoisotopic (exact) mass is 354 g/mol. The summed E-state index contributed by atoms with van der Waals surface area (Å²) >= 11 is 0. The van der Waals surface area contributed by atoms with Gasteiger partial charge in [-0.05, 0) is 37.5 Å². The Hall–Kier alpha value is -2.54. The molecule has 1 fully saturated rings. The third-order valence-corrected chi connectivity index (χ3v) is 5.32. The summed E-state index contributed by atoms with van der Waals surface area (Å²) < 4.78 is 13.0. The minimum atomic E-state index is -0.0519. The molecule has 136 valence electrons. The van der Waals surface area contributed by atoms with Crippen molar-refractivity contribution >= 4 is 5.91 Å². The first-order valence-corrected chi connectivity index (χ1v) is 9.18. The molecule has 1 aliphatic carbocycles. The first-order chi connectivity index (χ1) is 12.7. The van der Waals surface area contributed by atoms with E-state index in [4.69, 9.17) is 9.47 Å². The van der Waals surface area contributed by atoms with Crippen molar-refractivity contribution in [3.05, 3.63) is 41.5 Å². The van der Waals surface area contributed by atoms with Crippen molar-refractivity contribution < 1.29 is 14.3 Å². The summed E-state index contributed by atoms with van der Waals surface area (Å²) in [6.45, 7) is 5.01. The fraction of sp³-hybridized carbons (Fsp3) is 0.474. The predicted octanol–water partition coefficient (Wildman–Crippen LogP) is 2.08. The van der Waals surface area contributed by atoms with Crippen LogP contribution in [0.2, 0.25) is 0 Å². The van der Waals surface area contributed by atoms with Crippen molar-refractivity contribution in [2.45, 2.75) is 44.9 Å². The smallest absolute Gasteiger partial charge is 0.271 e. The number of rotatable bonds is 4. The molecule has 2 aliphatic heterocycles. The number of nitrogens with one attached hydrogen (secondary N) is 1. The standard InChI is InChI=1S/C19H22N4O3/c1-12-18-21-15(19(24)20-14-3-4-14)10-23(18)7-6-22(12)9-13-2-5-16-17(8-13)26-11-25-16/h2,5,8,10,12,14H,3-4,6-7,9,11H2,1H3,(H,20,24)/t12-/m0/s1. The summed E-state index contributed by atoms with van der Waals surface area (Å²) in [5.74, 6) is 2.52. The molecule has 7 nitrogen and oxygen atoms in total. The molecule has 1 saturated carbocycles. The van der Waals surface area contributed by atoms with Gasteiger partial charge in [0, 0.05) is 31.9 Å². The van der Waals surface area contributed by atoms with Crippen LogP contribution < -0.4 is 14.8 Å². The minimum Gasteiger partial charge on any atom is -0.454 e. The fourth-order valence-electron chi connectivity index (χ4n) is 3.62. The van der Waals surface area contributed by atoms with E-state index in [1.54, 1.807) is 0 Å². The topological polar surface area (TPSA) is 68.6 Å². The molecule has 7 heteroatoms. The Morgan fingerprint density at radius 3 is 2.96 bits per heavy atom. The van der Waals surface area contributed by atoms with Crippen LogP contribution in [0.5, 0.6) is 11.5 Å². The van der Waals surface area contributed by atoms with Crippen LogP contribution in [0.15, 0.2) is 24.4 Å². The molecule has 1 aromatic carbocycles. The van der Waals surface area contributed by atoms with E-state index in [9.17, 15) is 4.79 Å². The highest BCUT2D eigenvalue weighted by atomic mass is 16.7. The van der Waals surface area contributed by atoms with Gasteiger partial charge in [0.15, 0.2) is 11.5 Å². The van der Waals surface area contributed by atoms with Gasteiger partial charge >= 0.3 is 0 Å². The number of ether oxygens (including phenoxy) is 2. The van der Waals surface area contributed by atoms with Gasteiger partial charge in [0.25, 0.3) is 5.91 Å². The molecule has 5 rings (SSSR count). The maximum atomic E-state index is 12.3. The normalized spacial score (nSPS) is 21.5. The van der Waals surface area contributed by atoms with Gasteiger partial charge in [-0.2, -0.15) is 0 Å². The van der Waals surface area contributed by atoms with Gasteiger partial charge < -0.3 is 19.4 Å². The Bertz CT molecular complexity index is 858. The average Bonchev–Trinajstić information content (AvgIpc) is 3.16.